The molecular formula is C17H16O4. The number of benzene rings is 2. The lowest BCUT2D eigenvalue weighted by Crippen LogP contribution is -2.05. The first-order chi connectivity index (χ1) is 10.2. The third-order valence-electron chi connectivity index (χ3n) is 2.86. The summed E-state index contributed by atoms with van der Waals surface area (Å²) in [6.07, 6.45) is 3.60. The molecule has 108 valence electrons. The van der Waals surface area contributed by atoms with Crippen LogP contribution < -0.4 is 4.74 Å². The number of hydrogen-bond acceptors (Lipinski definition) is 4. The summed E-state index contributed by atoms with van der Waals surface area (Å²) in [6, 6.07) is 14.4. The van der Waals surface area contributed by atoms with Crippen LogP contribution in [0.4, 0.5) is 0 Å². The van der Waals surface area contributed by atoms with Gasteiger partial charge in [-0.1, -0.05) is 42.5 Å². The van der Waals surface area contributed by atoms with Gasteiger partial charge in [-0.15, -0.1) is 0 Å². The van der Waals surface area contributed by atoms with Crippen LogP contribution in [-0.4, -0.2) is 24.8 Å². The summed E-state index contributed by atoms with van der Waals surface area (Å²) in [6.45, 7) is 0.129. The smallest absolute Gasteiger partial charge is 0.342 e. The van der Waals surface area contributed by atoms with Gasteiger partial charge in [0.1, 0.15) is 12.2 Å². The van der Waals surface area contributed by atoms with Crippen molar-refractivity contribution in [2.75, 3.05) is 13.7 Å². The highest BCUT2D eigenvalue weighted by molar-refractivity contribution is 5.93. The predicted molar refractivity (Wildman–Crippen MR) is 80.4 cm³/mol. The van der Waals surface area contributed by atoms with Gasteiger partial charge in [0.15, 0.2) is 11.5 Å². The van der Waals surface area contributed by atoms with Crippen LogP contribution in [0.3, 0.4) is 0 Å². The second-order valence-electron chi connectivity index (χ2n) is 4.27. The normalized spacial score (nSPS) is 10.5. The number of phenolic OH excluding ortho intramolecular Hbond substituents is 1. The summed E-state index contributed by atoms with van der Waals surface area (Å²) >= 11 is 0. The van der Waals surface area contributed by atoms with Crippen LogP contribution >= 0.6 is 0 Å². The summed E-state index contributed by atoms with van der Waals surface area (Å²) in [5, 5.41) is 9.85. The lowest BCUT2D eigenvalue weighted by atomic mass is 10.2. The zero-order chi connectivity index (χ0) is 15.1. The van der Waals surface area contributed by atoms with Crippen molar-refractivity contribution in [2.24, 2.45) is 0 Å². The highest BCUT2D eigenvalue weighted by Gasteiger charge is 2.15. The second-order valence-corrected chi connectivity index (χ2v) is 4.27. The Labute approximate surface area is 123 Å². The average molecular weight is 284 g/mol. The Bertz CT molecular complexity index is 632. The molecule has 0 heterocycles. The van der Waals surface area contributed by atoms with Gasteiger partial charge in [0, 0.05) is 0 Å². The summed E-state index contributed by atoms with van der Waals surface area (Å²) in [4.78, 5) is 11.9. The van der Waals surface area contributed by atoms with Crippen molar-refractivity contribution in [2.45, 2.75) is 0 Å². The van der Waals surface area contributed by atoms with Crippen molar-refractivity contribution >= 4 is 12.0 Å². The molecule has 0 aliphatic rings. The summed E-state index contributed by atoms with van der Waals surface area (Å²) in [5.74, 6) is -0.564. The Kier molecular flexibility index (Phi) is 4.99. The van der Waals surface area contributed by atoms with E-state index >= 15 is 0 Å². The fraction of sp³-hybridized carbons (Fsp3) is 0.118. The van der Waals surface area contributed by atoms with Crippen molar-refractivity contribution in [1.29, 1.82) is 0 Å². The maximum atomic E-state index is 11.9. The van der Waals surface area contributed by atoms with Gasteiger partial charge in [-0.2, -0.15) is 0 Å². The molecule has 0 fully saturated rings. The Morgan fingerprint density at radius 1 is 1.14 bits per heavy atom. The van der Waals surface area contributed by atoms with Crippen molar-refractivity contribution in [3.63, 3.8) is 0 Å². The van der Waals surface area contributed by atoms with E-state index in [4.69, 9.17) is 9.47 Å². The van der Waals surface area contributed by atoms with Gasteiger partial charge >= 0.3 is 5.97 Å². The van der Waals surface area contributed by atoms with E-state index < -0.39 is 5.97 Å². The standard InChI is InChI=1S/C17H16O4/c1-20-15-11-5-10-14(16(15)18)17(19)21-12-6-9-13-7-3-2-4-8-13/h2-11,18H,12H2,1H3/b9-6+. The molecule has 2 aromatic rings. The monoisotopic (exact) mass is 284 g/mol. The third kappa shape index (κ3) is 3.86. The number of phenols is 1. The van der Waals surface area contributed by atoms with E-state index in [2.05, 4.69) is 0 Å². The van der Waals surface area contributed by atoms with E-state index in [1.54, 1.807) is 18.2 Å². The maximum Gasteiger partial charge on any atom is 0.342 e. The molecule has 0 spiro atoms. The van der Waals surface area contributed by atoms with E-state index in [1.807, 2.05) is 36.4 Å². The largest absolute Gasteiger partial charge is 0.504 e. The van der Waals surface area contributed by atoms with Crippen LogP contribution in [-0.2, 0) is 4.74 Å². The lowest BCUT2D eigenvalue weighted by molar-refractivity contribution is 0.0546. The molecule has 0 radical (unpaired) electrons. The van der Waals surface area contributed by atoms with Crippen LogP contribution in [0.1, 0.15) is 15.9 Å². The van der Waals surface area contributed by atoms with E-state index in [0.29, 0.717) is 0 Å². The first-order valence-electron chi connectivity index (χ1n) is 6.47. The molecule has 0 aliphatic carbocycles. The Hall–Kier alpha value is -2.75. The molecule has 0 amide bonds. The van der Waals surface area contributed by atoms with Gasteiger partial charge in [-0.3, -0.25) is 0 Å². The van der Waals surface area contributed by atoms with Gasteiger partial charge in [0.25, 0.3) is 0 Å². The van der Waals surface area contributed by atoms with E-state index in [-0.39, 0.29) is 23.7 Å². The van der Waals surface area contributed by atoms with Gasteiger partial charge in [0.05, 0.1) is 7.11 Å². The first kappa shape index (κ1) is 14.7. The lowest BCUT2D eigenvalue weighted by Gasteiger charge is -2.07. The molecular weight excluding hydrogens is 268 g/mol. The average Bonchev–Trinajstić information content (AvgIpc) is 2.52. The zero-order valence-electron chi connectivity index (χ0n) is 11.7. The van der Waals surface area contributed by atoms with Gasteiger partial charge < -0.3 is 14.6 Å². The molecule has 4 heteroatoms. The minimum Gasteiger partial charge on any atom is -0.504 e. The minimum atomic E-state index is -0.593. The number of para-hydroxylation sites is 1. The summed E-state index contributed by atoms with van der Waals surface area (Å²) in [7, 11) is 1.42. The fourth-order valence-corrected chi connectivity index (χ4v) is 1.80. The van der Waals surface area contributed by atoms with E-state index in [9.17, 15) is 9.90 Å². The first-order valence-corrected chi connectivity index (χ1v) is 6.47. The second kappa shape index (κ2) is 7.14. The minimum absolute atomic E-state index is 0.0856. The number of ether oxygens (including phenoxy) is 2. The quantitative estimate of drug-likeness (QED) is 0.856. The molecule has 0 bridgehead atoms. The number of rotatable bonds is 5. The van der Waals surface area contributed by atoms with Gasteiger partial charge in [-0.25, -0.2) is 4.79 Å². The van der Waals surface area contributed by atoms with Gasteiger partial charge in [-0.05, 0) is 23.8 Å². The molecule has 0 saturated heterocycles. The van der Waals surface area contributed by atoms with Crippen molar-refractivity contribution in [1.82, 2.24) is 0 Å². The molecule has 0 aromatic heterocycles. The Morgan fingerprint density at radius 3 is 2.62 bits per heavy atom. The Morgan fingerprint density at radius 2 is 1.90 bits per heavy atom. The number of carbonyl (C=O) groups excluding carboxylic acids is 1. The summed E-state index contributed by atoms with van der Waals surface area (Å²) < 4.78 is 10.0. The molecule has 0 aliphatic heterocycles. The fourth-order valence-electron chi connectivity index (χ4n) is 1.80. The highest BCUT2D eigenvalue weighted by Crippen LogP contribution is 2.29. The molecule has 4 nitrogen and oxygen atoms in total. The molecule has 0 unspecified atom stereocenters. The number of methoxy groups -OCH3 is 1. The van der Waals surface area contributed by atoms with Crippen molar-refractivity contribution in [3.05, 3.63) is 65.7 Å². The molecule has 2 rings (SSSR count). The molecule has 2 aromatic carbocycles. The van der Waals surface area contributed by atoms with Crippen molar-refractivity contribution in [3.8, 4) is 11.5 Å². The van der Waals surface area contributed by atoms with Crippen LogP contribution in [0.2, 0.25) is 0 Å². The maximum absolute atomic E-state index is 11.9. The molecule has 0 atom stereocenters. The highest BCUT2D eigenvalue weighted by atomic mass is 16.5. The van der Waals surface area contributed by atoms with Crippen molar-refractivity contribution < 1.29 is 19.4 Å². The predicted octanol–water partition coefficient (Wildman–Crippen LogP) is 3.27. The Balaban J connectivity index is 1.95. The topological polar surface area (TPSA) is 55.8 Å². The molecule has 0 saturated carbocycles. The molecule has 21 heavy (non-hydrogen) atoms. The van der Waals surface area contributed by atoms with Crippen LogP contribution in [0, 0.1) is 0 Å². The zero-order valence-corrected chi connectivity index (χ0v) is 11.7. The number of hydrogen-bond donors (Lipinski definition) is 1. The molecule has 1 N–H and O–H groups in total. The number of esters is 1. The van der Waals surface area contributed by atoms with E-state index in [0.717, 1.165) is 5.56 Å². The number of aromatic hydroxyl groups is 1. The third-order valence-corrected chi connectivity index (χ3v) is 2.86. The van der Waals surface area contributed by atoms with Crippen LogP contribution in [0.5, 0.6) is 11.5 Å². The van der Waals surface area contributed by atoms with Crippen LogP contribution in [0.15, 0.2) is 54.6 Å². The van der Waals surface area contributed by atoms with Crippen LogP contribution in [0.25, 0.3) is 6.08 Å². The van der Waals surface area contributed by atoms with E-state index in [1.165, 1.54) is 13.2 Å². The van der Waals surface area contributed by atoms with Gasteiger partial charge in [0.2, 0.25) is 0 Å². The summed E-state index contributed by atoms with van der Waals surface area (Å²) in [5.41, 5.74) is 1.11. The SMILES string of the molecule is COc1cccc(C(=O)OC/C=C/c2ccccc2)c1O. The number of carbonyl (C=O) groups is 1.